The second kappa shape index (κ2) is 10.3. The van der Waals surface area contributed by atoms with Crippen LogP contribution in [0.1, 0.15) is 24.0 Å². The Hall–Kier alpha value is -3.32. The van der Waals surface area contributed by atoms with Crippen LogP contribution in [0.25, 0.3) is 0 Å². The predicted molar refractivity (Wildman–Crippen MR) is 125 cm³/mol. The van der Waals surface area contributed by atoms with Gasteiger partial charge in [0, 0.05) is 6.42 Å². The number of anilines is 1. The van der Waals surface area contributed by atoms with Gasteiger partial charge in [0.2, 0.25) is 5.91 Å². The molecule has 0 fully saturated rings. The lowest BCUT2D eigenvalue weighted by molar-refractivity contribution is -0.117. The Kier molecular flexibility index (Phi) is 7.53. The number of rotatable bonds is 9. The van der Waals surface area contributed by atoms with Crippen molar-refractivity contribution in [2.24, 2.45) is 0 Å². The molecule has 0 unspecified atom stereocenters. The van der Waals surface area contributed by atoms with E-state index in [4.69, 9.17) is 9.47 Å². The van der Waals surface area contributed by atoms with Crippen molar-refractivity contribution < 1.29 is 22.7 Å². The minimum atomic E-state index is -4.07. The number of aryl methyl sites for hydroxylation is 2. The van der Waals surface area contributed by atoms with Crippen LogP contribution in [0, 0.1) is 13.8 Å². The third-order valence-corrected chi connectivity index (χ3v) is 6.71. The van der Waals surface area contributed by atoms with E-state index in [-0.39, 0.29) is 17.0 Å². The lowest BCUT2D eigenvalue weighted by Gasteiger charge is -2.23. The topological polar surface area (TPSA) is 72.9 Å². The molecule has 0 aliphatic carbocycles. The fourth-order valence-corrected chi connectivity index (χ4v) is 4.67. The lowest BCUT2D eigenvalue weighted by Crippen LogP contribution is -2.37. The van der Waals surface area contributed by atoms with Gasteiger partial charge < -0.3 is 9.47 Å². The molecule has 0 bridgehead atoms. The normalized spacial score (nSPS) is 11.1. The van der Waals surface area contributed by atoms with Gasteiger partial charge in [-0.2, -0.15) is 0 Å². The highest BCUT2D eigenvalue weighted by molar-refractivity contribution is 7.93. The molecule has 0 radical (unpaired) electrons. The Balaban J connectivity index is 1.78. The number of methoxy groups -OCH3 is 1. The Labute approximate surface area is 189 Å². The molecule has 7 heteroatoms. The summed E-state index contributed by atoms with van der Waals surface area (Å²) in [6, 6.07) is 20.2. The van der Waals surface area contributed by atoms with Crippen LogP contribution in [0.2, 0.25) is 0 Å². The van der Waals surface area contributed by atoms with E-state index in [9.17, 15) is 13.2 Å². The van der Waals surface area contributed by atoms with Crippen LogP contribution in [0.15, 0.2) is 77.7 Å². The van der Waals surface area contributed by atoms with Gasteiger partial charge >= 0.3 is 0 Å². The zero-order valence-corrected chi connectivity index (χ0v) is 19.3. The molecule has 0 aromatic heterocycles. The van der Waals surface area contributed by atoms with Gasteiger partial charge in [-0.1, -0.05) is 30.3 Å². The molecule has 3 rings (SSSR count). The molecular weight excluding hydrogens is 426 g/mol. The minimum absolute atomic E-state index is 0.0168. The zero-order valence-electron chi connectivity index (χ0n) is 18.4. The third-order valence-electron chi connectivity index (χ3n) is 4.95. The van der Waals surface area contributed by atoms with E-state index in [2.05, 4.69) is 0 Å². The molecule has 0 aliphatic heterocycles. The van der Waals surface area contributed by atoms with E-state index in [1.54, 1.807) is 42.5 Å². The first kappa shape index (κ1) is 23.3. The number of ether oxygens (including phenoxy) is 2. The zero-order chi connectivity index (χ0) is 23.1. The number of sulfonamides is 1. The molecule has 0 saturated heterocycles. The smallest absolute Gasteiger partial charge is 0.270 e. The van der Waals surface area contributed by atoms with Crippen molar-refractivity contribution in [1.29, 1.82) is 0 Å². The molecular formula is C25H27NO5S. The summed E-state index contributed by atoms with van der Waals surface area (Å²) < 4.78 is 38.4. The molecule has 1 amide bonds. The van der Waals surface area contributed by atoms with Crippen molar-refractivity contribution in [3.05, 3.63) is 83.9 Å². The summed E-state index contributed by atoms with van der Waals surface area (Å²) in [6.07, 6.45) is 0.395. The van der Waals surface area contributed by atoms with Crippen LogP contribution >= 0.6 is 0 Å². The van der Waals surface area contributed by atoms with E-state index in [1.165, 1.54) is 19.2 Å². The largest absolute Gasteiger partial charge is 0.497 e. The van der Waals surface area contributed by atoms with Gasteiger partial charge in [0.15, 0.2) is 0 Å². The van der Waals surface area contributed by atoms with Crippen LogP contribution in [0.5, 0.6) is 11.5 Å². The number of benzene rings is 3. The first-order valence-corrected chi connectivity index (χ1v) is 11.7. The van der Waals surface area contributed by atoms with Crippen LogP contribution < -0.4 is 13.8 Å². The van der Waals surface area contributed by atoms with Gasteiger partial charge in [-0.05, 0) is 73.9 Å². The van der Waals surface area contributed by atoms with Crippen molar-refractivity contribution in [2.45, 2.75) is 31.6 Å². The van der Waals surface area contributed by atoms with Crippen molar-refractivity contribution >= 4 is 21.6 Å². The molecule has 0 spiro atoms. The number of nitrogens with zero attached hydrogens (tertiary/aromatic N) is 1. The fraction of sp³-hybridized carbons (Fsp3) is 0.240. The Morgan fingerprint density at radius 3 is 2.28 bits per heavy atom. The fourth-order valence-electron chi connectivity index (χ4n) is 3.20. The molecule has 6 nitrogen and oxygen atoms in total. The molecule has 3 aromatic rings. The monoisotopic (exact) mass is 453 g/mol. The van der Waals surface area contributed by atoms with E-state index in [0.29, 0.717) is 18.8 Å². The summed E-state index contributed by atoms with van der Waals surface area (Å²) in [6.45, 7) is 4.24. The molecule has 0 atom stereocenters. The average molecular weight is 454 g/mol. The highest BCUT2D eigenvalue weighted by Crippen LogP contribution is 2.27. The first-order chi connectivity index (χ1) is 15.3. The predicted octanol–water partition coefficient (Wildman–Crippen LogP) is 4.89. The summed E-state index contributed by atoms with van der Waals surface area (Å²) in [5.74, 6) is 0.810. The van der Waals surface area contributed by atoms with Crippen molar-refractivity contribution in [2.75, 3.05) is 18.0 Å². The summed E-state index contributed by atoms with van der Waals surface area (Å²) in [5.41, 5.74) is 2.35. The lowest BCUT2D eigenvalue weighted by atomic mass is 10.1. The van der Waals surface area contributed by atoms with Crippen LogP contribution in [-0.4, -0.2) is 28.0 Å². The van der Waals surface area contributed by atoms with Gasteiger partial charge in [0.25, 0.3) is 10.0 Å². The maximum atomic E-state index is 13.3. The van der Waals surface area contributed by atoms with E-state index in [0.717, 1.165) is 21.2 Å². The van der Waals surface area contributed by atoms with Crippen molar-refractivity contribution in [3.8, 4) is 11.5 Å². The van der Waals surface area contributed by atoms with E-state index < -0.39 is 15.9 Å². The SMILES string of the molecule is COc1ccc(N(C(=O)CCCOc2cc(C)ccc2C)S(=O)(=O)c2ccccc2)cc1. The summed E-state index contributed by atoms with van der Waals surface area (Å²) in [5, 5.41) is 0. The third kappa shape index (κ3) is 5.48. The quantitative estimate of drug-likeness (QED) is 0.431. The second-order valence-corrected chi connectivity index (χ2v) is 9.18. The molecule has 3 aromatic carbocycles. The standard InChI is InChI=1S/C25H27NO5S/c1-19-11-12-20(2)24(18-19)31-17-7-10-25(27)26(21-13-15-22(30-3)16-14-21)32(28,29)23-8-5-4-6-9-23/h4-6,8-9,11-16,18H,7,10,17H2,1-3H3. The Morgan fingerprint density at radius 1 is 0.938 bits per heavy atom. The molecule has 168 valence electrons. The first-order valence-electron chi connectivity index (χ1n) is 10.3. The Morgan fingerprint density at radius 2 is 1.62 bits per heavy atom. The van der Waals surface area contributed by atoms with Crippen LogP contribution in [-0.2, 0) is 14.8 Å². The highest BCUT2D eigenvalue weighted by Gasteiger charge is 2.30. The summed E-state index contributed by atoms with van der Waals surface area (Å²) in [4.78, 5) is 13.2. The number of hydrogen-bond acceptors (Lipinski definition) is 5. The Bertz CT molecular complexity index is 1160. The molecule has 0 saturated carbocycles. The van der Waals surface area contributed by atoms with Gasteiger partial charge in [-0.15, -0.1) is 0 Å². The van der Waals surface area contributed by atoms with Gasteiger partial charge in [-0.3, -0.25) is 4.79 Å². The van der Waals surface area contributed by atoms with E-state index in [1.807, 2.05) is 32.0 Å². The molecule has 32 heavy (non-hydrogen) atoms. The maximum Gasteiger partial charge on any atom is 0.270 e. The van der Waals surface area contributed by atoms with Crippen LogP contribution in [0.4, 0.5) is 5.69 Å². The summed E-state index contributed by atoms with van der Waals surface area (Å²) >= 11 is 0. The van der Waals surface area contributed by atoms with Gasteiger partial charge in [0.05, 0.1) is 24.3 Å². The molecule has 0 heterocycles. The number of hydrogen-bond donors (Lipinski definition) is 0. The maximum absolute atomic E-state index is 13.3. The van der Waals surface area contributed by atoms with Crippen LogP contribution in [0.3, 0.4) is 0 Å². The average Bonchev–Trinajstić information content (AvgIpc) is 2.80. The van der Waals surface area contributed by atoms with Gasteiger partial charge in [0.1, 0.15) is 11.5 Å². The molecule has 0 N–H and O–H groups in total. The summed E-state index contributed by atoms with van der Waals surface area (Å²) in [7, 11) is -2.55. The number of amides is 1. The highest BCUT2D eigenvalue weighted by atomic mass is 32.2. The second-order valence-electron chi connectivity index (χ2n) is 7.40. The van der Waals surface area contributed by atoms with E-state index >= 15 is 0 Å². The number of carbonyl (C=O) groups is 1. The van der Waals surface area contributed by atoms with Gasteiger partial charge in [-0.25, -0.2) is 12.7 Å². The van der Waals surface area contributed by atoms with Crippen molar-refractivity contribution in [3.63, 3.8) is 0 Å². The number of carbonyl (C=O) groups excluding carboxylic acids is 1. The van der Waals surface area contributed by atoms with Crippen molar-refractivity contribution in [1.82, 2.24) is 0 Å². The molecule has 0 aliphatic rings. The minimum Gasteiger partial charge on any atom is -0.497 e.